The number of hydrogen-bond donors (Lipinski definition) is 11. The number of carbonyl (C=O) groups excluding carboxylic acids is 14. The van der Waals surface area contributed by atoms with Gasteiger partial charge in [0.25, 0.3) is 0 Å². The molecule has 118 heavy (non-hydrogen) atoms. The molecule has 1 aliphatic rings. The first-order valence-electron chi connectivity index (χ1n) is 41.1. The average Bonchev–Trinajstić information content (AvgIpc) is 1.79. The van der Waals surface area contributed by atoms with Gasteiger partial charge in [-0.1, -0.05) is 125 Å². The van der Waals surface area contributed by atoms with Crippen molar-refractivity contribution in [2.75, 3.05) is 91.9 Å². The van der Waals surface area contributed by atoms with Gasteiger partial charge in [0.15, 0.2) is 11.6 Å². The lowest BCUT2D eigenvalue weighted by Crippen LogP contribution is -2.54. The third kappa shape index (κ3) is 35.9. The highest BCUT2D eigenvalue weighted by Crippen LogP contribution is 2.34. The first-order chi connectivity index (χ1) is 55.8. The number of nitrogens with two attached hydrogens (primary N) is 2. The number of urea groups is 1. The number of likely N-dealkylation sites (tertiary alicyclic amines) is 1. The summed E-state index contributed by atoms with van der Waals surface area (Å²) in [6.07, 6.45) is -0.570. The van der Waals surface area contributed by atoms with Crippen molar-refractivity contribution in [3.63, 3.8) is 0 Å². The number of anilines is 1. The van der Waals surface area contributed by atoms with E-state index >= 15 is 0 Å². The second-order valence-electron chi connectivity index (χ2n) is 31.7. The first kappa shape index (κ1) is 103. The lowest BCUT2D eigenvalue weighted by molar-refractivity contribution is -0.149. The predicted molar refractivity (Wildman–Crippen MR) is 446 cm³/mol. The topological polar surface area (TPSA) is 479 Å². The number of aliphatic hydroxyl groups excluding tert-OH is 1. The second-order valence-corrected chi connectivity index (χ2v) is 33.0. The van der Waals surface area contributed by atoms with Gasteiger partial charge < -0.3 is 92.5 Å². The Hall–Kier alpha value is -8.96. The van der Waals surface area contributed by atoms with E-state index in [1.54, 1.807) is 82.8 Å². The zero-order valence-corrected chi connectivity index (χ0v) is 72.6. The summed E-state index contributed by atoms with van der Waals surface area (Å²) in [4.78, 5) is 203. The molecule has 1 aliphatic heterocycles. The third-order valence-corrected chi connectivity index (χ3v) is 22.7. The van der Waals surface area contributed by atoms with Crippen LogP contribution < -0.4 is 48.7 Å². The second kappa shape index (κ2) is 54.3. The van der Waals surface area contributed by atoms with Crippen molar-refractivity contribution in [3.8, 4) is 0 Å². The number of primary amides is 1. The maximum absolute atomic E-state index is 14.9. The van der Waals surface area contributed by atoms with Gasteiger partial charge in [-0.05, 0) is 98.3 Å². The summed E-state index contributed by atoms with van der Waals surface area (Å²) >= 11 is 0.744. The van der Waals surface area contributed by atoms with Crippen LogP contribution in [-0.2, 0) is 87.9 Å². The molecule has 2 aromatic rings. The molecule has 1 saturated heterocycles. The Labute approximate surface area is 699 Å². The number of nitrogens with one attached hydrogen (secondary N) is 7. The quantitative estimate of drug-likeness (QED) is 0.0349. The molecule has 0 saturated carbocycles. The van der Waals surface area contributed by atoms with Crippen LogP contribution in [0, 0.1) is 47.3 Å². The number of unbranched alkanes of at least 4 members (excludes halogenated alkanes) is 2. The van der Waals surface area contributed by atoms with Gasteiger partial charge in [0, 0.05) is 122 Å². The summed E-state index contributed by atoms with van der Waals surface area (Å²) < 4.78 is 23.2. The van der Waals surface area contributed by atoms with E-state index in [9.17, 15) is 82.1 Å². The largest absolute Gasteiger partial charge is 0.480 e. The molecule has 3 rings (SSSR count). The number of methoxy groups -OCH3 is 2. The number of Topliss-reactive ketones (excluding diaryl/α,β-unsaturated/α-hetero) is 4. The Morgan fingerprint density at radius 2 is 1.31 bits per heavy atom. The Kier molecular flexibility index (Phi) is 47.5. The van der Waals surface area contributed by atoms with Crippen molar-refractivity contribution < 1.29 is 101 Å². The van der Waals surface area contributed by atoms with Crippen molar-refractivity contribution in [1.29, 1.82) is 0 Å². The van der Waals surface area contributed by atoms with Crippen LogP contribution in [0.15, 0.2) is 54.6 Å². The normalized spacial score (nSPS) is 16.0. The molecule has 0 aliphatic carbocycles. The predicted octanol–water partition coefficient (Wildman–Crippen LogP) is 5.79. The highest BCUT2D eigenvalue weighted by atomic mass is 32.2. The van der Waals surface area contributed by atoms with Crippen LogP contribution in [0.4, 0.5) is 15.3 Å². The van der Waals surface area contributed by atoms with Gasteiger partial charge in [-0.3, -0.25) is 62.3 Å². The molecule has 1 heterocycles. The molecule has 34 heteroatoms. The van der Waals surface area contributed by atoms with E-state index in [1.807, 2.05) is 65.0 Å². The number of ketones is 4. The molecule has 0 bridgehead atoms. The van der Waals surface area contributed by atoms with Gasteiger partial charge in [-0.25, -0.2) is 9.59 Å². The molecule has 33 nitrogen and oxygen atoms in total. The summed E-state index contributed by atoms with van der Waals surface area (Å²) in [6.45, 7) is 19.8. The minimum atomic E-state index is -1.35. The molecule has 1 fully saturated rings. The number of aliphatic hydroxyl groups is 1. The number of aliphatic carboxylic acids is 1. The molecule has 11 amide bonds. The van der Waals surface area contributed by atoms with Crippen LogP contribution in [0.5, 0.6) is 0 Å². The van der Waals surface area contributed by atoms with Crippen molar-refractivity contribution >= 4 is 106 Å². The maximum atomic E-state index is 14.9. The van der Waals surface area contributed by atoms with Crippen LogP contribution >= 0.6 is 11.8 Å². The lowest BCUT2D eigenvalue weighted by atomic mass is 9.83. The van der Waals surface area contributed by atoms with E-state index in [2.05, 4.69) is 37.2 Å². The molecular formula is C84H134N12O21S. The Morgan fingerprint density at radius 3 is 1.90 bits per heavy atom. The van der Waals surface area contributed by atoms with E-state index in [1.165, 1.54) is 26.0 Å². The molecule has 0 radical (unpaired) electrons. The number of hydrogen-bond acceptors (Lipinski definition) is 22. The standard InChI is InChI=1S/C84H134N12O21S/c1-16-53(8)76(67(114-14)44-73(105)96-38-24-28-63(96)78(115-15)56(11)64(98)41-54(9)77(106)58-25-19-17-20-26-58)94(12)81(109)61(50(2)3)43-66(100)75(52(6)7)95(13)84(113)117-48-57-30-32-60(33-31-57)91-79(107)59(27-23-36-89-83(86)112)42-65(99)74(51(4)5)93-69(101)29-21-18-22-35-87-71(103)45-68(82(110)111)118-49-62(80(108)90-47-55(10)97)92-70(102)34-39-116-40-37-88-72(104)46-85/h17,19-20,25-26,30-33,50-54,56,59,61-63,67-68,74-78,106H,16,18,21-24,27-29,34-49,85H2,1-15H3,(H,87,103)(H,88,104)(H,90,108)(H,91,107)(H,92,102)(H,93,101)(H,110,111)(H3,86,89,112)/t53-,54-,56-,59+,61?,62?,63-,67+,68?,74+,75+,76-,77+,78-/m0/s1. The Morgan fingerprint density at radius 1 is 0.653 bits per heavy atom. The number of nitrogens with zero attached hydrogens (tertiary/aromatic N) is 3. The van der Waals surface area contributed by atoms with Gasteiger partial charge >= 0.3 is 18.1 Å². The molecule has 3 unspecified atom stereocenters. The van der Waals surface area contributed by atoms with Crippen molar-refractivity contribution in [2.45, 2.75) is 233 Å². The SMILES string of the molecule is CC[C@H](C)[C@@H]([C@@H](CC(=O)N1CCC[C@H]1[C@@H](OC)[C@@H](C)C(=O)C[C@H](C)[C@@H](O)c1ccccc1)OC)N(C)C(=O)C(CC(=O)[C@@H](C(C)C)N(C)C(=O)OCc1ccc(NC(=O)[C@H](CCCNC(N)=O)CC(=O)[C@H](NC(=O)CCCCCNC(=O)CC(SCC(NC(=O)CCOCCNC(=O)CN)C(=O)NCC(C)=O)C(=O)O)C(C)C)cc1)C(C)C. The molecule has 662 valence electrons. The molecule has 2 aromatic carbocycles. The fraction of sp³-hybridized carbons (Fsp3) is 0.679. The number of rotatable bonds is 58. The third-order valence-electron chi connectivity index (χ3n) is 21.4. The van der Waals surface area contributed by atoms with Gasteiger partial charge in [0.1, 0.15) is 29.5 Å². The monoisotopic (exact) mass is 1680 g/mol. The van der Waals surface area contributed by atoms with Crippen LogP contribution in [0.1, 0.15) is 190 Å². The zero-order chi connectivity index (χ0) is 88.5. The minimum Gasteiger partial charge on any atom is -0.480 e. The van der Waals surface area contributed by atoms with E-state index in [-0.39, 0.29) is 162 Å². The van der Waals surface area contributed by atoms with Crippen LogP contribution in [0.25, 0.3) is 0 Å². The number of thioether (sulfide) groups is 1. The minimum absolute atomic E-state index is 0.0111. The molecule has 13 N–H and O–H groups in total. The van der Waals surface area contributed by atoms with E-state index in [0.717, 1.165) is 17.3 Å². The molecule has 14 atom stereocenters. The van der Waals surface area contributed by atoms with Crippen LogP contribution in [0.3, 0.4) is 0 Å². The number of carbonyl (C=O) groups is 15. The maximum Gasteiger partial charge on any atom is 0.410 e. The molecule has 0 spiro atoms. The summed E-state index contributed by atoms with van der Waals surface area (Å²) in [7, 11) is 6.18. The number of amides is 11. The Bertz CT molecular complexity index is 3570. The van der Waals surface area contributed by atoms with Crippen molar-refractivity contribution in [1.82, 2.24) is 46.6 Å². The summed E-state index contributed by atoms with van der Waals surface area (Å²) in [5, 5.41) is 37.9. The number of ether oxygens (including phenoxy) is 4. The highest BCUT2D eigenvalue weighted by molar-refractivity contribution is 8.00. The fourth-order valence-electron chi connectivity index (χ4n) is 14.5. The highest BCUT2D eigenvalue weighted by Gasteiger charge is 2.44. The Balaban J connectivity index is 1.61. The zero-order valence-electron chi connectivity index (χ0n) is 71.7. The van der Waals surface area contributed by atoms with Gasteiger partial charge in [-0.2, -0.15) is 0 Å². The van der Waals surface area contributed by atoms with Gasteiger partial charge in [0.05, 0.1) is 75.2 Å². The van der Waals surface area contributed by atoms with E-state index in [4.69, 9.17) is 30.4 Å². The van der Waals surface area contributed by atoms with Gasteiger partial charge in [-0.15, -0.1) is 11.8 Å². The smallest absolute Gasteiger partial charge is 0.410 e. The van der Waals surface area contributed by atoms with Gasteiger partial charge in [0.2, 0.25) is 47.3 Å². The van der Waals surface area contributed by atoms with E-state index < -0.39 is 143 Å². The lowest BCUT2D eigenvalue weighted by Gasteiger charge is -2.41. The summed E-state index contributed by atoms with van der Waals surface area (Å²) in [6, 6.07) is 10.6. The average molecular weight is 1680 g/mol. The van der Waals surface area contributed by atoms with Crippen LogP contribution in [-0.4, -0.2) is 248 Å². The van der Waals surface area contributed by atoms with E-state index in [0.29, 0.717) is 56.3 Å². The first-order valence-corrected chi connectivity index (χ1v) is 42.1. The summed E-state index contributed by atoms with van der Waals surface area (Å²) in [5.41, 5.74) is 12.1. The molecular weight excluding hydrogens is 1550 g/mol. The number of benzene rings is 2. The molecule has 0 aromatic heterocycles. The summed E-state index contributed by atoms with van der Waals surface area (Å²) in [5.74, 6) is -10.7. The van der Waals surface area contributed by atoms with Crippen molar-refractivity contribution in [3.05, 3.63) is 65.7 Å². The number of carboxylic acid groups (broad SMARTS) is 1. The number of likely N-dealkylation sites (N-methyl/N-ethyl adjacent to an activating group) is 2. The number of carboxylic acids is 1. The fourth-order valence-corrected chi connectivity index (χ4v) is 15.5. The van der Waals surface area contributed by atoms with Crippen molar-refractivity contribution in [2.24, 2.45) is 58.8 Å². The van der Waals surface area contributed by atoms with Crippen LogP contribution in [0.2, 0.25) is 0 Å².